The Morgan fingerprint density at radius 1 is 1.16 bits per heavy atom. The molecule has 19 heavy (non-hydrogen) atoms. The van der Waals surface area contributed by atoms with Crippen LogP contribution in [-0.2, 0) is 6.54 Å². The van der Waals surface area contributed by atoms with E-state index in [2.05, 4.69) is 48.0 Å². The monoisotopic (exact) mass is 268 g/mol. The van der Waals surface area contributed by atoms with Crippen LogP contribution in [0, 0.1) is 0 Å². The number of hydrogen-bond acceptors (Lipinski definition) is 5. The van der Waals surface area contributed by atoms with Gasteiger partial charge >= 0.3 is 0 Å². The molecule has 110 valence electrons. The third kappa shape index (κ3) is 6.07. The zero-order chi connectivity index (χ0) is 14.1. The van der Waals surface area contributed by atoms with E-state index < -0.39 is 0 Å². The Morgan fingerprint density at radius 3 is 2.58 bits per heavy atom. The predicted octanol–water partition coefficient (Wildman–Crippen LogP) is 1.95. The Bertz CT molecular complexity index is 338. The van der Waals surface area contributed by atoms with Crippen LogP contribution in [0.2, 0.25) is 0 Å². The quantitative estimate of drug-likeness (QED) is 0.657. The van der Waals surface area contributed by atoms with Crippen molar-refractivity contribution in [3.63, 3.8) is 0 Å². The Kier molecular flexibility index (Phi) is 7.52. The first-order valence-electron chi connectivity index (χ1n) is 7.22. The van der Waals surface area contributed by atoms with Gasteiger partial charge in [-0.3, -0.25) is 0 Å². The Hall–Kier alpha value is -1.07. The fourth-order valence-corrected chi connectivity index (χ4v) is 1.81. The number of likely N-dealkylation sites (N-methyl/N-ethyl adjacent to an activating group) is 1. The molecule has 0 aromatic carbocycles. The Balaban J connectivity index is 2.53. The van der Waals surface area contributed by atoms with Gasteiger partial charge in [0.25, 0.3) is 6.01 Å². The molecule has 1 heterocycles. The van der Waals surface area contributed by atoms with E-state index in [0.29, 0.717) is 0 Å². The van der Waals surface area contributed by atoms with Crippen LogP contribution < -0.4 is 10.2 Å². The Labute approximate surface area is 117 Å². The standard InChI is InChI=1S/C14H28N4O/c1-5-7-15-11-13-12-19-14(16-13)18(8-6-2)10-9-17(3)4/h12,15H,5-11H2,1-4H3. The van der Waals surface area contributed by atoms with Crippen molar-refractivity contribution in [2.75, 3.05) is 45.2 Å². The summed E-state index contributed by atoms with van der Waals surface area (Å²) in [6.45, 7) is 9.07. The average Bonchev–Trinajstić information content (AvgIpc) is 2.83. The lowest BCUT2D eigenvalue weighted by Crippen LogP contribution is -2.32. The van der Waals surface area contributed by atoms with Crippen LogP contribution in [-0.4, -0.2) is 50.2 Å². The number of anilines is 1. The number of rotatable bonds is 10. The SMILES string of the molecule is CCCNCc1coc(N(CCC)CCN(C)C)n1. The second kappa shape index (κ2) is 8.93. The molecule has 5 heteroatoms. The van der Waals surface area contributed by atoms with Crippen LogP contribution >= 0.6 is 0 Å². The van der Waals surface area contributed by atoms with Gasteiger partial charge in [0.1, 0.15) is 6.26 Å². The van der Waals surface area contributed by atoms with Gasteiger partial charge in [-0.15, -0.1) is 0 Å². The first-order valence-corrected chi connectivity index (χ1v) is 7.22. The molecule has 0 atom stereocenters. The van der Waals surface area contributed by atoms with Crippen LogP contribution in [0.5, 0.6) is 0 Å². The number of hydrogen-bond donors (Lipinski definition) is 1. The maximum absolute atomic E-state index is 5.60. The van der Waals surface area contributed by atoms with Crippen LogP contribution in [0.25, 0.3) is 0 Å². The van der Waals surface area contributed by atoms with E-state index in [-0.39, 0.29) is 0 Å². The molecule has 0 amide bonds. The summed E-state index contributed by atoms with van der Waals surface area (Å²) >= 11 is 0. The molecule has 0 saturated heterocycles. The van der Waals surface area contributed by atoms with E-state index in [4.69, 9.17) is 4.42 Å². The van der Waals surface area contributed by atoms with E-state index in [1.807, 2.05) is 0 Å². The summed E-state index contributed by atoms with van der Waals surface area (Å²) in [5.74, 6) is 0. The van der Waals surface area contributed by atoms with E-state index >= 15 is 0 Å². The van der Waals surface area contributed by atoms with Crippen molar-refractivity contribution in [3.05, 3.63) is 12.0 Å². The maximum Gasteiger partial charge on any atom is 0.297 e. The molecule has 0 saturated carbocycles. The maximum atomic E-state index is 5.60. The van der Waals surface area contributed by atoms with E-state index in [1.54, 1.807) is 6.26 Å². The van der Waals surface area contributed by atoms with Crippen LogP contribution in [0.15, 0.2) is 10.7 Å². The van der Waals surface area contributed by atoms with Gasteiger partial charge in [0.05, 0.1) is 5.69 Å². The highest BCUT2D eigenvalue weighted by atomic mass is 16.4. The minimum Gasteiger partial charge on any atom is -0.432 e. The van der Waals surface area contributed by atoms with Crippen molar-refractivity contribution >= 4 is 6.01 Å². The normalized spacial score (nSPS) is 11.2. The lowest BCUT2D eigenvalue weighted by atomic mass is 10.4. The topological polar surface area (TPSA) is 44.5 Å². The van der Waals surface area contributed by atoms with Crippen LogP contribution in [0.4, 0.5) is 6.01 Å². The van der Waals surface area contributed by atoms with Crippen molar-refractivity contribution in [2.45, 2.75) is 33.2 Å². The molecule has 0 unspecified atom stereocenters. The number of oxazole rings is 1. The number of nitrogens with zero attached hydrogens (tertiary/aromatic N) is 3. The molecule has 1 rings (SSSR count). The summed E-state index contributed by atoms with van der Waals surface area (Å²) in [4.78, 5) is 8.94. The first-order chi connectivity index (χ1) is 9.17. The van der Waals surface area contributed by atoms with Gasteiger partial charge in [-0.1, -0.05) is 13.8 Å². The van der Waals surface area contributed by atoms with E-state index in [9.17, 15) is 0 Å². The average molecular weight is 268 g/mol. The molecule has 5 nitrogen and oxygen atoms in total. The lowest BCUT2D eigenvalue weighted by molar-refractivity contribution is 0.405. The van der Waals surface area contributed by atoms with Crippen molar-refractivity contribution in [1.82, 2.24) is 15.2 Å². The van der Waals surface area contributed by atoms with Crippen molar-refractivity contribution in [3.8, 4) is 0 Å². The van der Waals surface area contributed by atoms with Gasteiger partial charge in [-0.25, -0.2) is 0 Å². The molecule has 0 bridgehead atoms. The van der Waals surface area contributed by atoms with Crippen molar-refractivity contribution < 1.29 is 4.42 Å². The second-order valence-electron chi connectivity index (χ2n) is 5.09. The lowest BCUT2D eigenvalue weighted by Gasteiger charge is -2.21. The summed E-state index contributed by atoms with van der Waals surface area (Å²) in [5.41, 5.74) is 0.981. The molecule has 1 aromatic rings. The van der Waals surface area contributed by atoms with Gasteiger partial charge < -0.3 is 19.5 Å². The van der Waals surface area contributed by atoms with E-state index in [1.165, 1.54) is 0 Å². The third-order valence-corrected chi connectivity index (χ3v) is 2.85. The van der Waals surface area contributed by atoms with Gasteiger partial charge in [-0.2, -0.15) is 4.98 Å². The summed E-state index contributed by atoms with van der Waals surface area (Å²) in [7, 11) is 4.17. The van der Waals surface area contributed by atoms with Gasteiger partial charge in [0.15, 0.2) is 0 Å². The molecule has 0 radical (unpaired) electrons. The highest BCUT2D eigenvalue weighted by molar-refractivity contribution is 5.26. The summed E-state index contributed by atoms with van der Waals surface area (Å²) < 4.78 is 5.60. The molecule has 0 aliphatic heterocycles. The number of aromatic nitrogens is 1. The second-order valence-corrected chi connectivity index (χ2v) is 5.09. The smallest absolute Gasteiger partial charge is 0.297 e. The summed E-state index contributed by atoms with van der Waals surface area (Å²) in [6, 6.07) is 0.747. The predicted molar refractivity (Wildman–Crippen MR) is 79.6 cm³/mol. The summed E-state index contributed by atoms with van der Waals surface area (Å²) in [5, 5.41) is 3.34. The molecule has 0 spiro atoms. The highest BCUT2D eigenvalue weighted by Crippen LogP contribution is 2.14. The largest absolute Gasteiger partial charge is 0.432 e. The van der Waals surface area contributed by atoms with Crippen LogP contribution in [0.3, 0.4) is 0 Å². The molecule has 1 N–H and O–H groups in total. The summed E-state index contributed by atoms with van der Waals surface area (Å²) in [6.07, 6.45) is 3.99. The molecular formula is C14H28N4O. The van der Waals surface area contributed by atoms with Crippen LogP contribution in [0.1, 0.15) is 32.4 Å². The van der Waals surface area contributed by atoms with Gasteiger partial charge in [0.2, 0.25) is 0 Å². The number of nitrogens with one attached hydrogen (secondary N) is 1. The zero-order valence-corrected chi connectivity index (χ0v) is 12.8. The first kappa shape index (κ1) is 16.0. The minimum atomic E-state index is 0.747. The fourth-order valence-electron chi connectivity index (χ4n) is 1.81. The molecular weight excluding hydrogens is 240 g/mol. The molecule has 0 aliphatic carbocycles. The van der Waals surface area contributed by atoms with Crippen molar-refractivity contribution in [2.24, 2.45) is 0 Å². The molecule has 1 aromatic heterocycles. The zero-order valence-electron chi connectivity index (χ0n) is 12.8. The Morgan fingerprint density at radius 2 is 1.95 bits per heavy atom. The highest BCUT2D eigenvalue weighted by Gasteiger charge is 2.12. The third-order valence-electron chi connectivity index (χ3n) is 2.85. The molecule has 0 aliphatic rings. The molecule has 0 fully saturated rings. The van der Waals surface area contributed by atoms with Gasteiger partial charge in [-0.05, 0) is 33.5 Å². The van der Waals surface area contributed by atoms with Crippen molar-refractivity contribution in [1.29, 1.82) is 0 Å². The minimum absolute atomic E-state index is 0.747. The fraction of sp³-hybridized carbons (Fsp3) is 0.786. The van der Waals surface area contributed by atoms with E-state index in [0.717, 1.165) is 57.3 Å². The van der Waals surface area contributed by atoms with Gasteiger partial charge in [0, 0.05) is 26.2 Å².